The van der Waals surface area contributed by atoms with E-state index in [-0.39, 0.29) is 22.7 Å². The van der Waals surface area contributed by atoms with Gasteiger partial charge < -0.3 is 4.90 Å². The molecule has 4 rings (SSSR count). The largest absolute Gasteiger partial charge is 0.355 e. The minimum Gasteiger partial charge on any atom is -0.355 e. The Balaban J connectivity index is 1.42. The lowest BCUT2D eigenvalue weighted by molar-refractivity contribution is -0.385. The molecule has 1 aliphatic heterocycles. The lowest BCUT2D eigenvalue weighted by Gasteiger charge is -2.36. The molecule has 0 spiro atoms. The summed E-state index contributed by atoms with van der Waals surface area (Å²) in [7, 11) is 3.10. The summed E-state index contributed by atoms with van der Waals surface area (Å²) in [5.41, 5.74) is 0.598. The molecular weight excluding hydrogens is 450 g/mol. The van der Waals surface area contributed by atoms with Crippen molar-refractivity contribution in [2.75, 3.05) is 37.6 Å². The van der Waals surface area contributed by atoms with Gasteiger partial charge in [0.05, 0.1) is 4.92 Å². The summed E-state index contributed by atoms with van der Waals surface area (Å²) in [6.07, 6.45) is 0.473. The zero-order valence-electron chi connectivity index (χ0n) is 19.7. The standard InChI is InChI=1S/C25H27N5O5/c1-26-22(17-23(31)27(2)25(26)33)29-14-12-28(13-15-29)11-10-18-8-9-20(16-21(18)30(34)35)24(32)19-6-4-3-5-7-19/h3-9,16-17H,10-15H2,1-2H3. The quantitative estimate of drug-likeness (QED) is 0.289. The first-order valence-corrected chi connectivity index (χ1v) is 11.4. The predicted molar refractivity (Wildman–Crippen MR) is 132 cm³/mol. The minimum absolute atomic E-state index is 0.0550. The van der Waals surface area contributed by atoms with Crippen LogP contribution in [0.15, 0.2) is 64.2 Å². The van der Waals surface area contributed by atoms with Crippen molar-refractivity contribution < 1.29 is 9.72 Å². The molecule has 2 aromatic carbocycles. The number of nitrogens with zero attached hydrogens (tertiary/aromatic N) is 5. The van der Waals surface area contributed by atoms with Crippen molar-refractivity contribution in [1.29, 1.82) is 0 Å². The van der Waals surface area contributed by atoms with Crippen molar-refractivity contribution in [2.24, 2.45) is 14.1 Å². The first-order chi connectivity index (χ1) is 16.8. The van der Waals surface area contributed by atoms with Crippen LogP contribution in [-0.4, -0.2) is 57.5 Å². The molecule has 0 atom stereocenters. The maximum absolute atomic E-state index is 12.7. The molecule has 182 valence electrons. The second kappa shape index (κ2) is 10.1. The lowest BCUT2D eigenvalue weighted by Crippen LogP contribution is -2.49. The number of benzene rings is 2. The maximum atomic E-state index is 12.7. The van der Waals surface area contributed by atoms with E-state index >= 15 is 0 Å². The number of rotatable bonds is 7. The highest BCUT2D eigenvalue weighted by atomic mass is 16.6. The van der Waals surface area contributed by atoms with Gasteiger partial charge in [-0.3, -0.25) is 33.7 Å². The summed E-state index contributed by atoms with van der Waals surface area (Å²) in [5.74, 6) is 0.341. The van der Waals surface area contributed by atoms with E-state index in [0.29, 0.717) is 61.7 Å². The van der Waals surface area contributed by atoms with Crippen molar-refractivity contribution in [2.45, 2.75) is 6.42 Å². The van der Waals surface area contributed by atoms with Crippen LogP contribution in [0.5, 0.6) is 0 Å². The first-order valence-electron chi connectivity index (χ1n) is 11.4. The Morgan fingerprint density at radius 2 is 1.60 bits per heavy atom. The molecule has 0 aliphatic carbocycles. The smallest absolute Gasteiger partial charge is 0.332 e. The van der Waals surface area contributed by atoms with Gasteiger partial charge >= 0.3 is 5.69 Å². The van der Waals surface area contributed by atoms with Gasteiger partial charge in [-0.2, -0.15) is 0 Å². The summed E-state index contributed by atoms with van der Waals surface area (Å²) in [6.45, 7) is 3.28. The third kappa shape index (κ3) is 5.07. The number of anilines is 1. The third-order valence-electron chi connectivity index (χ3n) is 6.47. The van der Waals surface area contributed by atoms with Crippen LogP contribution in [0.25, 0.3) is 0 Å². The fourth-order valence-corrected chi connectivity index (χ4v) is 4.35. The molecular formula is C25H27N5O5. The van der Waals surface area contributed by atoms with Crippen LogP contribution in [-0.2, 0) is 20.5 Å². The molecule has 0 N–H and O–H groups in total. The maximum Gasteiger partial charge on any atom is 0.332 e. The van der Waals surface area contributed by atoms with Crippen molar-refractivity contribution >= 4 is 17.3 Å². The van der Waals surface area contributed by atoms with E-state index < -0.39 is 4.92 Å². The Morgan fingerprint density at radius 1 is 0.914 bits per heavy atom. The number of carbonyl (C=O) groups excluding carboxylic acids is 1. The number of hydrogen-bond acceptors (Lipinski definition) is 7. The summed E-state index contributed by atoms with van der Waals surface area (Å²) in [6, 6.07) is 14.8. The molecule has 1 saturated heterocycles. The second-order valence-electron chi connectivity index (χ2n) is 8.62. The second-order valence-corrected chi connectivity index (χ2v) is 8.62. The molecule has 35 heavy (non-hydrogen) atoms. The Hall–Kier alpha value is -4.05. The van der Waals surface area contributed by atoms with Gasteiger partial charge in [-0.25, -0.2) is 4.79 Å². The number of nitro benzene ring substituents is 1. The van der Waals surface area contributed by atoms with Gasteiger partial charge in [0.15, 0.2) is 5.78 Å². The normalized spacial score (nSPS) is 14.2. The van der Waals surface area contributed by atoms with Crippen molar-refractivity contribution in [3.63, 3.8) is 0 Å². The SMILES string of the molecule is Cn1c(N2CCN(CCc3ccc(C(=O)c4ccccc4)cc3[N+](=O)[O-])CC2)cc(=O)n(C)c1=O. The molecule has 0 unspecified atom stereocenters. The van der Waals surface area contributed by atoms with Gasteiger partial charge in [-0.05, 0) is 6.42 Å². The molecule has 0 bridgehead atoms. The Kier molecular flexibility index (Phi) is 6.92. The minimum atomic E-state index is -0.439. The highest BCUT2D eigenvalue weighted by molar-refractivity contribution is 6.09. The first kappa shape index (κ1) is 24.1. The molecule has 10 nitrogen and oxygen atoms in total. The molecule has 0 amide bonds. The highest BCUT2D eigenvalue weighted by Gasteiger charge is 2.22. The summed E-state index contributed by atoms with van der Waals surface area (Å²) >= 11 is 0. The summed E-state index contributed by atoms with van der Waals surface area (Å²) in [4.78, 5) is 52.4. The fraction of sp³-hybridized carbons (Fsp3) is 0.320. The summed E-state index contributed by atoms with van der Waals surface area (Å²) in [5, 5.41) is 11.7. The number of hydrogen-bond donors (Lipinski definition) is 0. The van der Waals surface area contributed by atoms with E-state index in [9.17, 15) is 24.5 Å². The van der Waals surface area contributed by atoms with E-state index in [1.54, 1.807) is 43.4 Å². The predicted octanol–water partition coefficient (Wildman–Crippen LogP) is 1.59. The molecule has 1 aliphatic rings. The van der Waals surface area contributed by atoms with Gasteiger partial charge in [0.25, 0.3) is 11.2 Å². The van der Waals surface area contributed by atoms with Crippen molar-refractivity contribution in [3.05, 3.63) is 102 Å². The zero-order chi connectivity index (χ0) is 25.1. The number of aromatic nitrogens is 2. The fourth-order valence-electron chi connectivity index (χ4n) is 4.35. The number of nitro groups is 1. The van der Waals surface area contributed by atoms with Gasteiger partial charge in [0.1, 0.15) is 5.82 Å². The molecule has 0 radical (unpaired) electrons. The van der Waals surface area contributed by atoms with Crippen LogP contribution in [0.4, 0.5) is 11.5 Å². The Labute approximate surface area is 201 Å². The van der Waals surface area contributed by atoms with Crippen molar-refractivity contribution in [1.82, 2.24) is 14.0 Å². The van der Waals surface area contributed by atoms with E-state index in [1.807, 2.05) is 11.0 Å². The third-order valence-corrected chi connectivity index (χ3v) is 6.47. The van der Waals surface area contributed by atoms with Crippen LogP contribution in [0.2, 0.25) is 0 Å². The number of piperazine rings is 1. The van der Waals surface area contributed by atoms with E-state index in [1.165, 1.54) is 23.7 Å². The monoisotopic (exact) mass is 477 g/mol. The zero-order valence-corrected chi connectivity index (χ0v) is 19.7. The van der Waals surface area contributed by atoms with Crippen LogP contribution in [0, 0.1) is 10.1 Å². The molecule has 1 aromatic heterocycles. The lowest BCUT2D eigenvalue weighted by atomic mass is 9.99. The van der Waals surface area contributed by atoms with E-state index in [4.69, 9.17) is 0 Å². The van der Waals surface area contributed by atoms with Gasteiger partial charge in [-0.15, -0.1) is 0 Å². The topological polar surface area (TPSA) is 111 Å². The van der Waals surface area contributed by atoms with Crippen LogP contribution < -0.4 is 16.1 Å². The van der Waals surface area contributed by atoms with Gasteiger partial charge in [-0.1, -0.05) is 42.5 Å². The van der Waals surface area contributed by atoms with E-state index in [0.717, 1.165) is 4.57 Å². The van der Waals surface area contributed by atoms with E-state index in [2.05, 4.69) is 4.90 Å². The van der Waals surface area contributed by atoms with Gasteiger partial charge in [0.2, 0.25) is 0 Å². The number of carbonyl (C=O) groups is 1. The van der Waals surface area contributed by atoms with Crippen LogP contribution in [0.1, 0.15) is 21.5 Å². The molecule has 3 aromatic rings. The van der Waals surface area contributed by atoms with Gasteiger partial charge in [0, 0.05) is 75.6 Å². The average molecular weight is 478 g/mol. The molecule has 2 heterocycles. The molecule has 0 saturated carbocycles. The van der Waals surface area contributed by atoms with Crippen LogP contribution >= 0.6 is 0 Å². The number of ketones is 1. The van der Waals surface area contributed by atoms with Crippen molar-refractivity contribution in [3.8, 4) is 0 Å². The summed E-state index contributed by atoms with van der Waals surface area (Å²) < 4.78 is 2.55. The van der Waals surface area contributed by atoms with Crippen LogP contribution in [0.3, 0.4) is 0 Å². The average Bonchev–Trinajstić information content (AvgIpc) is 2.88. The Morgan fingerprint density at radius 3 is 2.26 bits per heavy atom. The highest BCUT2D eigenvalue weighted by Crippen LogP contribution is 2.23. The molecule has 10 heteroatoms. The molecule has 1 fully saturated rings. The Bertz CT molecular complexity index is 1370.